The van der Waals surface area contributed by atoms with Crippen LogP contribution in [-0.2, 0) is 0 Å². The number of halogens is 1. The molecule has 8 heteroatoms. The molecule has 29 heavy (non-hydrogen) atoms. The Labute approximate surface area is 174 Å². The maximum atomic E-state index is 12.7. The van der Waals surface area contributed by atoms with Gasteiger partial charge in [0.2, 0.25) is 0 Å². The van der Waals surface area contributed by atoms with Crippen molar-refractivity contribution in [1.29, 1.82) is 0 Å². The Morgan fingerprint density at radius 1 is 1.00 bits per heavy atom. The summed E-state index contributed by atoms with van der Waals surface area (Å²) in [5, 5.41) is 13.0. The first-order valence-electron chi connectivity index (χ1n) is 8.52. The minimum Gasteiger partial charge on any atom is -0.478 e. The summed E-state index contributed by atoms with van der Waals surface area (Å²) in [4.78, 5) is 29.2. The SMILES string of the molecule is Nc1c(C(=O)Nc2ccc(C(=O)O)cc2)sc2nc(-c3ccc(Cl)cc3)ccc12. The third-order valence-electron chi connectivity index (χ3n) is 4.33. The molecule has 0 aliphatic heterocycles. The van der Waals surface area contributed by atoms with Gasteiger partial charge in [0.05, 0.1) is 16.9 Å². The van der Waals surface area contributed by atoms with Gasteiger partial charge in [-0.15, -0.1) is 11.3 Å². The lowest BCUT2D eigenvalue weighted by Gasteiger charge is -2.04. The fourth-order valence-electron chi connectivity index (χ4n) is 2.83. The van der Waals surface area contributed by atoms with Crippen LogP contribution in [0.25, 0.3) is 21.5 Å². The molecule has 6 nitrogen and oxygen atoms in total. The summed E-state index contributed by atoms with van der Waals surface area (Å²) in [5.41, 5.74) is 8.83. The molecule has 0 saturated heterocycles. The van der Waals surface area contributed by atoms with Crippen molar-refractivity contribution >= 4 is 56.4 Å². The van der Waals surface area contributed by atoms with Gasteiger partial charge in [0, 0.05) is 21.7 Å². The fraction of sp³-hybridized carbons (Fsp3) is 0. The maximum absolute atomic E-state index is 12.7. The van der Waals surface area contributed by atoms with Crippen LogP contribution in [0.1, 0.15) is 20.0 Å². The molecule has 0 spiro atoms. The number of benzene rings is 2. The molecular weight excluding hydrogens is 410 g/mol. The predicted molar refractivity (Wildman–Crippen MR) is 116 cm³/mol. The number of aromatic carboxylic acids is 1. The van der Waals surface area contributed by atoms with Gasteiger partial charge in [0.15, 0.2) is 0 Å². The van der Waals surface area contributed by atoms with Crippen molar-refractivity contribution in [2.45, 2.75) is 0 Å². The third-order valence-corrected chi connectivity index (χ3v) is 5.70. The fourth-order valence-corrected chi connectivity index (χ4v) is 3.95. The number of anilines is 2. The molecular formula is C21H14ClN3O3S. The number of fused-ring (bicyclic) bond motifs is 1. The first kappa shape index (κ1) is 18.9. The Bertz CT molecular complexity index is 1230. The van der Waals surface area contributed by atoms with E-state index < -0.39 is 5.97 Å². The zero-order chi connectivity index (χ0) is 20.5. The summed E-state index contributed by atoms with van der Waals surface area (Å²) in [6.45, 7) is 0. The second-order valence-electron chi connectivity index (χ2n) is 6.24. The number of aromatic nitrogens is 1. The number of nitrogen functional groups attached to an aromatic ring is 1. The maximum Gasteiger partial charge on any atom is 0.335 e. The van der Waals surface area contributed by atoms with Crippen LogP contribution in [0, 0.1) is 0 Å². The second-order valence-corrected chi connectivity index (χ2v) is 7.67. The number of nitrogens with two attached hydrogens (primary N) is 1. The molecule has 0 unspecified atom stereocenters. The third kappa shape index (κ3) is 3.78. The summed E-state index contributed by atoms with van der Waals surface area (Å²) in [6.07, 6.45) is 0. The number of hydrogen-bond acceptors (Lipinski definition) is 5. The van der Waals surface area contributed by atoms with Crippen LogP contribution in [0.5, 0.6) is 0 Å². The van der Waals surface area contributed by atoms with Crippen LogP contribution in [0.4, 0.5) is 11.4 Å². The van der Waals surface area contributed by atoms with Gasteiger partial charge in [0.1, 0.15) is 9.71 Å². The van der Waals surface area contributed by atoms with E-state index in [2.05, 4.69) is 10.3 Å². The van der Waals surface area contributed by atoms with E-state index in [0.717, 1.165) is 11.3 Å². The molecule has 2 aromatic carbocycles. The summed E-state index contributed by atoms with van der Waals surface area (Å²) in [5.74, 6) is -1.40. The van der Waals surface area contributed by atoms with Crippen LogP contribution >= 0.6 is 22.9 Å². The van der Waals surface area contributed by atoms with Gasteiger partial charge in [-0.25, -0.2) is 9.78 Å². The average Bonchev–Trinajstić information content (AvgIpc) is 3.05. The topological polar surface area (TPSA) is 105 Å². The molecule has 2 heterocycles. The van der Waals surface area contributed by atoms with Crippen LogP contribution in [0.3, 0.4) is 0 Å². The van der Waals surface area contributed by atoms with Crippen molar-refractivity contribution in [3.05, 3.63) is 76.1 Å². The van der Waals surface area contributed by atoms with E-state index in [1.54, 1.807) is 12.1 Å². The lowest BCUT2D eigenvalue weighted by atomic mass is 10.1. The van der Waals surface area contributed by atoms with Gasteiger partial charge in [-0.1, -0.05) is 23.7 Å². The van der Waals surface area contributed by atoms with E-state index in [4.69, 9.17) is 22.4 Å². The quantitative estimate of drug-likeness (QED) is 0.421. The molecule has 4 rings (SSSR count). The predicted octanol–water partition coefficient (Wildman–Crippen LogP) is 5.15. The summed E-state index contributed by atoms with van der Waals surface area (Å²) in [6, 6.07) is 16.9. The highest BCUT2D eigenvalue weighted by Crippen LogP contribution is 2.34. The minimum atomic E-state index is -1.03. The van der Waals surface area contributed by atoms with Gasteiger partial charge in [-0.05, 0) is 48.5 Å². The van der Waals surface area contributed by atoms with E-state index in [1.165, 1.54) is 35.6 Å². The van der Waals surface area contributed by atoms with Gasteiger partial charge in [-0.3, -0.25) is 4.79 Å². The van der Waals surface area contributed by atoms with Crippen molar-refractivity contribution in [2.24, 2.45) is 0 Å². The molecule has 4 aromatic rings. The number of nitrogens with zero attached hydrogens (tertiary/aromatic N) is 1. The molecule has 4 N–H and O–H groups in total. The lowest BCUT2D eigenvalue weighted by molar-refractivity contribution is 0.0696. The first-order valence-corrected chi connectivity index (χ1v) is 9.71. The number of carbonyl (C=O) groups is 2. The molecule has 0 saturated carbocycles. The number of carboxylic acid groups (broad SMARTS) is 1. The Morgan fingerprint density at radius 3 is 2.34 bits per heavy atom. The average molecular weight is 424 g/mol. The van der Waals surface area contributed by atoms with E-state index in [0.29, 0.717) is 31.5 Å². The summed E-state index contributed by atoms with van der Waals surface area (Å²) >= 11 is 7.14. The molecule has 1 amide bonds. The Balaban J connectivity index is 1.63. The van der Waals surface area contributed by atoms with E-state index in [1.807, 2.05) is 24.3 Å². The Hall–Kier alpha value is -3.42. The Kier molecular flexibility index (Phi) is 4.92. The molecule has 0 bridgehead atoms. The normalized spacial score (nSPS) is 10.8. The van der Waals surface area contributed by atoms with Crippen molar-refractivity contribution in [3.63, 3.8) is 0 Å². The number of nitrogens with one attached hydrogen (secondary N) is 1. The van der Waals surface area contributed by atoms with Crippen LogP contribution < -0.4 is 11.1 Å². The summed E-state index contributed by atoms with van der Waals surface area (Å²) < 4.78 is 0. The first-order chi connectivity index (χ1) is 13.9. The standard InChI is InChI=1S/C21H14ClN3O3S/c22-13-5-1-11(2-6-13)16-10-9-15-17(23)18(29-20(15)25-16)19(26)24-14-7-3-12(4-8-14)21(27)28/h1-10H,23H2,(H,24,26)(H,27,28). The molecule has 0 aliphatic rings. The van der Waals surface area contributed by atoms with Crippen molar-refractivity contribution in [3.8, 4) is 11.3 Å². The number of amides is 1. The molecule has 2 aromatic heterocycles. The van der Waals surface area contributed by atoms with Crippen molar-refractivity contribution in [2.75, 3.05) is 11.1 Å². The second kappa shape index (κ2) is 7.54. The van der Waals surface area contributed by atoms with E-state index >= 15 is 0 Å². The zero-order valence-corrected chi connectivity index (χ0v) is 16.4. The number of carbonyl (C=O) groups excluding carboxylic acids is 1. The number of rotatable bonds is 4. The zero-order valence-electron chi connectivity index (χ0n) is 14.8. The lowest BCUT2D eigenvalue weighted by Crippen LogP contribution is -2.12. The highest BCUT2D eigenvalue weighted by atomic mass is 35.5. The minimum absolute atomic E-state index is 0.142. The monoisotopic (exact) mass is 423 g/mol. The van der Waals surface area contributed by atoms with Crippen molar-refractivity contribution < 1.29 is 14.7 Å². The van der Waals surface area contributed by atoms with Crippen LogP contribution in [0.2, 0.25) is 5.02 Å². The van der Waals surface area contributed by atoms with Gasteiger partial charge in [-0.2, -0.15) is 0 Å². The van der Waals surface area contributed by atoms with Gasteiger partial charge < -0.3 is 16.2 Å². The van der Waals surface area contributed by atoms with Gasteiger partial charge >= 0.3 is 5.97 Å². The molecule has 0 atom stereocenters. The van der Waals surface area contributed by atoms with Crippen LogP contribution in [0.15, 0.2) is 60.7 Å². The van der Waals surface area contributed by atoms with Gasteiger partial charge in [0.25, 0.3) is 5.91 Å². The Morgan fingerprint density at radius 2 is 1.69 bits per heavy atom. The highest BCUT2D eigenvalue weighted by Gasteiger charge is 2.18. The van der Waals surface area contributed by atoms with E-state index in [9.17, 15) is 9.59 Å². The molecule has 144 valence electrons. The number of pyridine rings is 1. The molecule has 0 fully saturated rings. The largest absolute Gasteiger partial charge is 0.478 e. The summed E-state index contributed by atoms with van der Waals surface area (Å²) in [7, 11) is 0. The smallest absolute Gasteiger partial charge is 0.335 e. The van der Waals surface area contributed by atoms with Crippen molar-refractivity contribution in [1.82, 2.24) is 4.98 Å². The molecule has 0 aliphatic carbocycles. The number of thiophene rings is 1. The highest BCUT2D eigenvalue weighted by molar-refractivity contribution is 7.21. The van der Waals surface area contributed by atoms with Crippen LogP contribution in [-0.4, -0.2) is 22.0 Å². The van der Waals surface area contributed by atoms with E-state index in [-0.39, 0.29) is 11.5 Å². The number of carboxylic acids is 1. The molecule has 0 radical (unpaired) electrons. The number of hydrogen-bond donors (Lipinski definition) is 3.